The molecule has 0 saturated carbocycles. The maximum atomic E-state index is 11.3. The van der Waals surface area contributed by atoms with Crippen LogP contribution in [0.25, 0.3) is 11.3 Å². The Kier molecular flexibility index (Phi) is 2.97. The average Bonchev–Trinajstić information content (AvgIpc) is 2.81. The molecule has 1 aromatic heterocycles. The molecule has 98 valence electrons. The van der Waals surface area contributed by atoms with Gasteiger partial charge in [0.15, 0.2) is 5.78 Å². The van der Waals surface area contributed by atoms with Gasteiger partial charge < -0.3 is 0 Å². The van der Waals surface area contributed by atoms with Gasteiger partial charge in [-0.1, -0.05) is 31.2 Å². The summed E-state index contributed by atoms with van der Waals surface area (Å²) in [6.07, 6.45) is 3.42. The van der Waals surface area contributed by atoms with Crippen molar-refractivity contribution in [1.82, 2.24) is 10.2 Å². The predicted octanol–water partition coefficient (Wildman–Crippen LogP) is 3.40. The first-order chi connectivity index (χ1) is 9.15. The molecule has 0 radical (unpaired) electrons. The van der Waals surface area contributed by atoms with Crippen molar-refractivity contribution in [3.05, 3.63) is 41.1 Å². The van der Waals surface area contributed by atoms with Crippen LogP contribution in [0.3, 0.4) is 0 Å². The molecule has 0 spiro atoms. The number of ketones is 1. The van der Waals surface area contributed by atoms with E-state index in [1.807, 2.05) is 24.3 Å². The maximum absolute atomic E-state index is 11.3. The molecule has 1 N–H and O–H groups in total. The summed E-state index contributed by atoms with van der Waals surface area (Å²) in [7, 11) is 0. The smallest absolute Gasteiger partial charge is 0.159 e. The molecule has 1 aromatic carbocycles. The summed E-state index contributed by atoms with van der Waals surface area (Å²) >= 11 is 0. The van der Waals surface area contributed by atoms with Crippen LogP contribution in [0.15, 0.2) is 24.3 Å². The van der Waals surface area contributed by atoms with Gasteiger partial charge in [0.2, 0.25) is 0 Å². The van der Waals surface area contributed by atoms with E-state index in [1.165, 1.54) is 17.7 Å². The first kappa shape index (κ1) is 12.2. The fraction of sp³-hybridized carbons (Fsp3) is 0.375. The molecule has 0 aliphatic heterocycles. The maximum Gasteiger partial charge on any atom is 0.159 e. The molecular formula is C16H18N2O. The van der Waals surface area contributed by atoms with Crippen LogP contribution in [-0.2, 0) is 12.8 Å². The molecular weight excluding hydrogens is 236 g/mol. The molecule has 0 saturated heterocycles. The Morgan fingerprint density at radius 1 is 1.32 bits per heavy atom. The molecule has 3 rings (SSSR count). The van der Waals surface area contributed by atoms with Crippen LogP contribution in [-0.4, -0.2) is 16.0 Å². The lowest BCUT2D eigenvalue weighted by molar-refractivity contribution is 0.101. The van der Waals surface area contributed by atoms with Gasteiger partial charge in [-0.25, -0.2) is 0 Å². The highest BCUT2D eigenvalue weighted by Crippen LogP contribution is 2.31. The van der Waals surface area contributed by atoms with E-state index in [9.17, 15) is 4.79 Å². The number of carbonyl (C=O) groups excluding carboxylic acids is 1. The van der Waals surface area contributed by atoms with Crippen LogP contribution in [0.2, 0.25) is 0 Å². The van der Waals surface area contributed by atoms with Crippen LogP contribution < -0.4 is 0 Å². The average molecular weight is 254 g/mol. The molecule has 1 atom stereocenters. The summed E-state index contributed by atoms with van der Waals surface area (Å²) in [5, 5.41) is 7.63. The zero-order valence-corrected chi connectivity index (χ0v) is 11.4. The van der Waals surface area contributed by atoms with Crippen LogP contribution >= 0.6 is 0 Å². The van der Waals surface area contributed by atoms with Crippen molar-refractivity contribution in [2.24, 2.45) is 5.92 Å². The summed E-state index contributed by atoms with van der Waals surface area (Å²) in [4.78, 5) is 11.3. The lowest BCUT2D eigenvalue weighted by atomic mass is 9.86. The minimum atomic E-state index is 0.101. The topological polar surface area (TPSA) is 45.8 Å². The van der Waals surface area contributed by atoms with Crippen molar-refractivity contribution >= 4 is 5.78 Å². The highest BCUT2D eigenvalue weighted by atomic mass is 16.1. The minimum Gasteiger partial charge on any atom is -0.295 e. The van der Waals surface area contributed by atoms with Crippen molar-refractivity contribution in [3.8, 4) is 11.3 Å². The van der Waals surface area contributed by atoms with Gasteiger partial charge in [-0.2, -0.15) is 5.10 Å². The van der Waals surface area contributed by atoms with Gasteiger partial charge in [-0.3, -0.25) is 9.89 Å². The molecule has 1 heterocycles. The normalized spacial score (nSPS) is 18.1. The van der Waals surface area contributed by atoms with E-state index >= 15 is 0 Å². The quantitative estimate of drug-likeness (QED) is 0.835. The third kappa shape index (κ3) is 2.21. The van der Waals surface area contributed by atoms with Crippen LogP contribution in [0, 0.1) is 5.92 Å². The number of H-pyrrole nitrogens is 1. The van der Waals surface area contributed by atoms with Crippen molar-refractivity contribution in [2.75, 3.05) is 0 Å². The third-order valence-corrected chi connectivity index (χ3v) is 3.96. The number of aromatic amines is 1. The number of hydrogen-bond donors (Lipinski definition) is 1. The van der Waals surface area contributed by atoms with E-state index in [0.717, 1.165) is 35.6 Å². The molecule has 0 fully saturated rings. The van der Waals surface area contributed by atoms with E-state index < -0.39 is 0 Å². The molecule has 1 aliphatic rings. The highest BCUT2D eigenvalue weighted by molar-refractivity contribution is 5.94. The van der Waals surface area contributed by atoms with Crippen LogP contribution in [0.1, 0.15) is 41.9 Å². The predicted molar refractivity (Wildman–Crippen MR) is 75.2 cm³/mol. The fourth-order valence-corrected chi connectivity index (χ4v) is 2.77. The molecule has 2 aromatic rings. The Hall–Kier alpha value is -1.90. The first-order valence-corrected chi connectivity index (χ1v) is 6.82. The second-order valence-corrected chi connectivity index (χ2v) is 5.51. The zero-order chi connectivity index (χ0) is 13.4. The Bertz CT molecular complexity index is 610. The Balaban J connectivity index is 1.98. The standard InChI is InChI=1S/C16H18N2O/c1-10-3-8-15-14(9-10)16(18-17-15)13-6-4-12(5-7-13)11(2)19/h4-7,10H,3,8-9H2,1-2H3,(H,17,18). The summed E-state index contributed by atoms with van der Waals surface area (Å²) in [5.74, 6) is 0.824. The Labute approximate surface area is 113 Å². The monoisotopic (exact) mass is 254 g/mol. The molecule has 0 bridgehead atoms. The van der Waals surface area contributed by atoms with Crippen molar-refractivity contribution in [3.63, 3.8) is 0 Å². The zero-order valence-electron chi connectivity index (χ0n) is 11.4. The van der Waals surface area contributed by atoms with Gasteiger partial charge in [-0.15, -0.1) is 0 Å². The lowest BCUT2D eigenvalue weighted by Crippen LogP contribution is -2.10. The lowest BCUT2D eigenvalue weighted by Gasteiger charge is -2.18. The Morgan fingerprint density at radius 3 is 2.74 bits per heavy atom. The molecule has 1 aliphatic carbocycles. The SMILES string of the molecule is CC(=O)c1ccc(-c2n[nH]c3c2CC(C)CC3)cc1. The van der Waals surface area contributed by atoms with Crippen molar-refractivity contribution in [1.29, 1.82) is 0 Å². The number of Topliss-reactive ketones (excluding diaryl/α,β-unsaturated/α-hetero) is 1. The van der Waals surface area contributed by atoms with E-state index in [0.29, 0.717) is 0 Å². The number of aromatic nitrogens is 2. The van der Waals surface area contributed by atoms with E-state index in [4.69, 9.17) is 0 Å². The molecule has 3 heteroatoms. The van der Waals surface area contributed by atoms with Crippen molar-refractivity contribution < 1.29 is 4.79 Å². The number of rotatable bonds is 2. The number of hydrogen-bond acceptors (Lipinski definition) is 2. The van der Waals surface area contributed by atoms with Crippen LogP contribution in [0.4, 0.5) is 0 Å². The van der Waals surface area contributed by atoms with Crippen LogP contribution in [0.5, 0.6) is 0 Å². The molecule has 3 nitrogen and oxygen atoms in total. The summed E-state index contributed by atoms with van der Waals surface area (Å²) in [6.45, 7) is 3.88. The van der Waals surface area contributed by atoms with Gasteiger partial charge in [0.1, 0.15) is 0 Å². The molecule has 19 heavy (non-hydrogen) atoms. The molecule has 1 unspecified atom stereocenters. The Morgan fingerprint density at radius 2 is 2.05 bits per heavy atom. The number of nitrogens with one attached hydrogen (secondary N) is 1. The van der Waals surface area contributed by atoms with Gasteiger partial charge in [-0.05, 0) is 32.1 Å². The fourth-order valence-electron chi connectivity index (χ4n) is 2.77. The number of fused-ring (bicyclic) bond motifs is 1. The summed E-state index contributed by atoms with van der Waals surface area (Å²) in [6, 6.07) is 7.74. The van der Waals surface area contributed by atoms with Gasteiger partial charge >= 0.3 is 0 Å². The van der Waals surface area contributed by atoms with Gasteiger partial charge in [0, 0.05) is 22.4 Å². The number of benzene rings is 1. The van der Waals surface area contributed by atoms with E-state index in [-0.39, 0.29) is 5.78 Å². The number of nitrogens with zero attached hydrogens (tertiary/aromatic N) is 1. The first-order valence-electron chi connectivity index (χ1n) is 6.82. The third-order valence-electron chi connectivity index (χ3n) is 3.96. The summed E-state index contributed by atoms with van der Waals surface area (Å²) < 4.78 is 0. The number of carbonyl (C=O) groups is 1. The van der Waals surface area contributed by atoms with Gasteiger partial charge in [0.05, 0.1) is 5.69 Å². The van der Waals surface area contributed by atoms with E-state index in [2.05, 4.69) is 17.1 Å². The second kappa shape index (κ2) is 4.65. The second-order valence-electron chi connectivity index (χ2n) is 5.51. The van der Waals surface area contributed by atoms with Crippen molar-refractivity contribution in [2.45, 2.75) is 33.1 Å². The summed E-state index contributed by atoms with van der Waals surface area (Å²) in [5.41, 5.74) is 5.54. The molecule has 0 amide bonds. The van der Waals surface area contributed by atoms with E-state index in [1.54, 1.807) is 6.92 Å². The highest BCUT2D eigenvalue weighted by Gasteiger charge is 2.21. The van der Waals surface area contributed by atoms with Gasteiger partial charge in [0.25, 0.3) is 0 Å². The minimum absolute atomic E-state index is 0.101. The number of aryl methyl sites for hydroxylation is 1. The largest absolute Gasteiger partial charge is 0.295 e.